The van der Waals surface area contributed by atoms with Gasteiger partial charge in [0, 0.05) is 12.6 Å². The molecule has 0 spiro atoms. The first-order valence-corrected chi connectivity index (χ1v) is 6.50. The Hall–Kier alpha value is -2.02. The molecule has 1 N–H and O–H groups in total. The van der Waals surface area contributed by atoms with Crippen LogP contribution < -0.4 is 0 Å². The van der Waals surface area contributed by atoms with E-state index in [1.807, 2.05) is 0 Å². The van der Waals surface area contributed by atoms with Crippen molar-refractivity contribution in [2.45, 2.75) is 18.9 Å². The van der Waals surface area contributed by atoms with E-state index >= 15 is 0 Å². The number of carbonyl (C=O) groups is 2. The fraction of sp³-hybridized carbons (Fsp3) is 0.429. The van der Waals surface area contributed by atoms with Crippen molar-refractivity contribution in [3.05, 3.63) is 35.4 Å². The fourth-order valence-corrected chi connectivity index (χ4v) is 2.28. The highest BCUT2D eigenvalue weighted by Gasteiger charge is 2.29. The summed E-state index contributed by atoms with van der Waals surface area (Å²) in [6.45, 7) is 0.720. The first-order valence-electron chi connectivity index (χ1n) is 6.50. The monoisotopic (exact) mass is 299 g/mol. The van der Waals surface area contributed by atoms with Gasteiger partial charge < -0.3 is 14.7 Å². The molecule has 0 aliphatic carbocycles. The Kier molecular flexibility index (Phi) is 4.85. The lowest BCUT2D eigenvalue weighted by atomic mass is 10.1. The minimum Gasteiger partial charge on any atom is -0.481 e. The van der Waals surface area contributed by atoms with Crippen molar-refractivity contribution >= 4 is 11.9 Å². The maximum atomic E-state index is 13.6. The van der Waals surface area contributed by atoms with Gasteiger partial charge >= 0.3 is 5.97 Å². The van der Waals surface area contributed by atoms with Crippen molar-refractivity contribution in [1.82, 2.24) is 4.90 Å². The van der Waals surface area contributed by atoms with E-state index in [-0.39, 0.29) is 31.6 Å². The van der Waals surface area contributed by atoms with Crippen molar-refractivity contribution in [3.8, 4) is 0 Å². The van der Waals surface area contributed by atoms with Gasteiger partial charge in [-0.05, 0) is 11.6 Å². The molecule has 1 aliphatic rings. The molecule has 21 heavy (non-hydrogen) atoms. The van der Waals surface area contributed by atoms with Crippen LogP contribution in [0.5, 0.6) is 0 Å². The van der Waals surface area contributed by atoms with Gasteiger partial charge in [0.1, 0.15) is 11.6 Å². The Bertz CT molecular complexity index is 550. The van der Waals surface area contributed by atoms with Gasteiger partial charge in [-0.2, -0.15) is 0 Å². The van der Waals surface area contributed by atoms with Crippen LogP contribution in [0.4, 0.5) is 8.78 Å². The zero-order chi connectivity index (χ0) is 15.4. The number of carboxylic acid groups (broad SMARTS) is 1. The predicted octanol–water partition coefficient (Wildman–Crippen LogP) is 1.21. The molecule has 1 heterocycles. The highest BCUT2D eigenvalue weighted by molar-refractivity contribution is 5.80. The Balaban J connectivity index is 2.08. The van der Waals surface area contributed by atoms with E-state index in [1.165, 1.54) is 11.0 Å². The molecule has 1 amide bonds. The lowest BCUT2D eigenvalue weighted by Gasteiger charge is -2.35. The van der Waals surface area contributed by atoms with Gasteiger partial charge in [0.15, 0.2) is 0 Å². The average molecular weight is 299 g/mol. The quantitative estimate of drug-likeness (QED) is 0.907. The molecular weight excluding hydrogens is 284 g/mol. The van der Waals surface area contributed by atoms with Crippen molar-refractivity contribution in [3.63, 3.8) is 0 Å². The zero-order valence-electron chi connectivity index (χ0n) is 11.2. The van der Waals surface area contributed by atoms with Gasteiger partial charge in [-0.15, -0.1) is 0 Å². The predicted molar refractivity (Wildman–Crippen MR) is 68.6 cm³/mol. The third kappa shape index (κ3) is 3.98. The largest absolute Gasteiger partial charge is 0.481 e. The number of hydrogen-bond acceptors (Lipinski definition) is 3. The van der Waals surface area contributed by atoms with E-state index in [0.29, 0.717) is 6.61 Å². The summed E-state index contributed by atoms with van der Waals surface area (Å²) >= 11 is 0. The van der Waals surface area contributed by atoms with Crippen LogP contribution in [0, 0.1) is 11.6 Å². The molecule has 5 nitrogen and oxygen atoms in total. The van der Waals surface area contributed by atoms with Gasteiger partial charge in [-0.25, -0.2) is 8.78 Å². The number of rotatable bonds is 4. The molecule has 1 aromatic rings. The number of carboxylic acids is 1. The maximum Gasteiger partial charge on any atom is 0.305 e. The van der Waals surface area contributed by atoms with E-state index in [2.05, 4.69) is 0 Å². The van der Waals surface area contributed by atoms with Crippen LogP contribution in [0.15, 0.2) is 18.2 Å². The molecule has 7 heteroatoms. The molecule has 1 aromatic carbocycles. The second kappa shape index (κ2) is 6.62. The molecule has 0 aromatic heterocycles. The van der Waals surface area contributed by atoms with Crippen LogP contribution in [0.3, 0.4) is 0 Å². The van der Waals surface area contributed by atoms with Crippen molar-refractivity contribution in [2.24, 2.45) is 0 Å². The topological polar surface area (TPSA) is 66.8 Å². The molecular formula is C14H15F2NO4. The minimum absolute atomic E-state index is 0.0852. The highest BCUT2D eigenvalue weighted by atomic mass is 19.1. The number of halogens is 2. The molecule has 114 valence electrons. The molecule has 1 fully saturated rings. The van der Waals surface area contributed by atoms with Crippen molar-refractivity contribution in [1.29, 1.82) is 0 Å². The van der Waals surface area contributed by atoms with Crippen LogP contribution in [0.25, 0.3) is 0 Å². The number of nitrogens with zero attached hydrogens (tertiary/aromatic N) is 1. The SMILES string of the molecule is O=C(O)CC1COCCN1C(=O)Cc1ccc(F)cc1F. The third-order valence-electron chi connectivity index (χ3n) is 3.31. The van der Waals surface area contributed by atoms with Gasteiger partial charge in [0.25, 0.3) is 0 Å². The summed E-state index contributed by atoms with van der Waals surface area (Å²) in [5.74, 6) is -2.92. The summed E-state index contributed by atoms with van der Waals surface area (Å²) in [6, 6.07) is 2.46. The van der Waals surface area contributed by atoms with Crippen LogP contribution >= 0.6 is 0 Å². The number of hydrogen-bond donors (Lipinski definition) is 1. The van der Waals surface area contributed by atoms with E-state index in [4.69, 9.17) is 9.84 Å². The number of aliphatic carboxylic acids is 1. The summed E-state index contributed by atoms with van der Waals surface area (Å²) in [4.78, 5) is 24.4. The number of benzene rings is 1. The smallest absolute Gasteiger partial charge is 0.305 e. The standard InChI is InChI=1S/C14H15F2NO4/c15-10-2-1-9(12(16)6-10)5-13(18)17-3-4-21-8-11(17)7-14(19)20/h1-2,6,11H,3-5,7-8H2,(H,19,20). The van der Waals surface area contributed by atoms with E-state index < -0.39 is 29.6 Å². The minimum atomic E-state index is -1.03. The summed E-state index contributed by atoms with van der Waals surface area (Å²) in [6.07, 6.45) is -0.458. The molecule has 0 bridgehead atoms. The average Bonchev–Trinajstić information content (AvgIpc) is 2.42. The summed E-state index contributed by atoms with van der Waals surface area (Å²) in [5, 5.41) is 8.83. The first kappa shape index (κ1) is 15.4. The normalized spacial score (nSPS) is 18.6. The summed E-state index contributed by atoms with van der Waals surface area (Å²) in [7, 11) is 0. The molecule has 2 rings (SSSR count). The second-order valence-corrected chi connectivity index (χ2v) is 4.83. The Morgan fingerprint density at radius 2 is 2.14 bits per heavy atom. The molecule has 1 atom stereocenters. The van der Waals surface area contributed by atoms with Crippen LogP contribution in [0.2, 0.25) is 0 Å². The lowest BCUT2D eigenvalue weighted by molar-refractivity contribution is -0.145. The van der Waals surface area contributed by atoms with Crippen LogP contribution in [0.1, 0.15) is 12.0 Å². The Morgan fingerprint density at radius 1 is 1.38 bits per heavy atom. The van der Waals surface area contributed by atoms with Crippen LogP contribution in [-0.4, -0.2) is 47.7 Å². The highest BCUT2D eigenvalue weighted by Crippen LogP contribution is 2.16. The number of carbonyl (C=O) groups excluding carboxylic acids is 1. The van der Waals surface area contributed by atoms with E-state index in [1.54, 1.807) is 0 Å². The first-order chi connectivity index (χ1) is 9.97. The number of ether oxygens (including phenoxy) is 1. The van der Waals surface area contributed by atoms with Gasteiger partial charge in [0.2, 0.25) is 5.91 Å². The van der Waals surface area contributed by atoms with E-state index in [9.17, 15) is 18.4 Å². The molecule has 0 radical (unpaired) electrons. The number of morpholine rings is 1. The second-order valence-electron chi connectivity index (χ2n) is 4.83. The van der Waals surface area contributed by atoms with E-state index in [0.717, 1.165) is 12.1 Å². The molecule has 1 unspecified atom stereocenters. The molecule has 1 saturated heterocycles. The summed E-state index contributed by atoms with van der Waals surface area (Å²) < 4.78 is 31.6. The van der Waals surface area contributed by atoms with Gasteiger partial charge in [0.05, 0.1) is 32.1 Å². The lowest BCUT2D eigenvalue weighted by Crippen LogP contribution is -2.50. The fourth-order valence-electron chi connectivity index (χ4n) is 2.28. The van der Waals surface area contributed by atoms with Gasteiger partial charge in [-0.3, -0.25) is 9.59 Å². The molecule has 1 aliphatic heterocycles. The molecule has 0 saturated carbocycles. The zero-order valence-corrected chi connectivity index (χ0v) is 11.2. The van der Waals surface area contributed by atoms with Crippen molar-refractivity contribution < 1.29 is 28.2 Å². The summed E-state index contributed by atoms with van der Waals surface area (Å²) in [5.41, 5.74) is 0.0852. The Labute approximate surface area is 120 Å². The van der Waals surface area contributed by atoms with Crippen molar-refractivity contribution in [2.75, 3.05) is 19.8 Å². The Morgan fingerprint density at radius 3 is 2.81 bits per heavy atom. The van der Waals surface area contributed by atoms with Crippen LogP contribution in [-0.2, 0) is 20.7 Å². The number of amides is 1. The van der Waals surface area contributed by atoms with Gasteiger partial charge in [-0.1, -0.05) is 6.07 Å². The maximum absolute atomic E-state index is 13.6. The third-order valence-corrected chi connectivity index (χ3v) is 3.31.